The van der Waals surface area contributed by atoms with E-state index in [0.29, 0.717) is 45.1 Å². The quantitative estimate of drug-likeness (QED) is 0.356. The maximum Gasteiger partial charge on any atom is 0.410 e. The van der Waals surface area contributed by atoms with Gasteiger partial charge in [-0.05, 0) is 80.9 Å². The number of hydrogen-bond acceptors (Lipinski definition) is 7. The summed E-state index contributed by atoms with van der Waals surface area (Å²) in [6.07, 6.45) is 3.89. The zero-order chi connectivity index (χ0) is 31.0. The van der Waals surface area contributed by atoms with Gasteiger partial charge in [-0.25, -0.2) is 14.6 Å². The van der Waals surface area contributed by atoms with E-state index in [4.69, 9.17) is 19.2 Å². The van der Waals surface area contributed by atoms with Gasteiger partial charge >= 0.3 is 12.2 Å². The van der Waals surface area contributed by atoms with E-state index < -0.39 is 5.60 Å². The van der Waals surface area contributed by atoms with Gasteiger partial charge in [0.15, 0.2) is 0 Å². The van der Waals surface area contributed by atoms with Crippen LogP contribution in [0.25, 0.3) is 11.3 Å². The molecule has 0 radical (unpaired) electrons. The van der Waals surface area contributed by atoms with Gasteiger partial charge in [-0.1, -0.05) is 39.8 Å². The highest BCUT2D eigenvalue weighted by atomic mass is 32.1. The Labute approximate surface area is 261 Å². The monoisotopic (exact) mass is 611 g/mol. The first-order valence-corrected chi connectivity index (χ1v) is 16.7. The number of thiazole rings is 1. The Balaban J connectivity index is 1.11. The number of amides is 2. The minimum absolute atomic E-state index is 0.171. The third-order valence-electron chi connectivity index (χ3n) is 9.25. The molecule has 43 heavy (non-hydrogen) atoms. The molecule has 3 heterocycles. The Morgan fingerprint density at radius 3 is 2.30 bits per heavy atom. The van der Waals surface area contributed by atoms with E-state index in [-0.39, 0.29) is 35.7 Å². The van der Waals surface area contributed by atoms with Gasteiger partial charge in [0.2, 0.25) is 0 Å². The number of likely N-dealkylation sites (tertiary alicyclic amines) is 1. The van der Waals surface area contributed by atoms with Gasteiger partial charge in [0.05, 0.1) is 23.4 Å². The van der Waals surface area contributed by atoms with Crippen LogP contribution in [0.15, 0.2) is 23.6 Å². The molecule has 0 saturated carbocycles. The molecule has 5 rings (SSSR count). The summed E-state index contributed by atoms with van der Waals surface area (Å²) in [6.45, 7) is 17.9. The van der Waals surface area contributed by atoms with Crippen LogP contribution in [0.3, 0.4) is 0 Å². The Bertz CT molecular complexity index is 1310. The van der Waals surface area contributed by atoms with Crippen molar-refractivity contribution in [2.24, 2.45) is 0 Å². The second kappa shape index (κ2) is 12.4. The van der Waals surface area contributed by atoms with E-state index in [1.807, 2.05) is 20.8 Å². The fourth-order valence-electron chi connectivity index (χ4n) is 6.39. The molecule has 2 aliphatic heterocycles. The summed E-state index contributed by atoms with van der Waals surface area (Å²) in [7, 11) is 0. The van der Waals surface area contributed by atoms with Gasteiger partial charge in [0.25, 0.3) is 0 Å². The number of benzene rings is 1. The molecule has 3 aliphatic rings. The van der Waals surface area contributed by atoms with Crippen LogP contribution in [0, 0.1) is 0 Å². The second-order valence-electron chi connectivity index (χ2n) is 14.7. The van der Waals surface area contributed by atoms with Gasteiger partial charge < -0.3 is 24.0 Å². The minimum Gasteiger partial charge on any atom is -0.447 e. The summed E-state index contributed by atoms with van der Waals surface area (Å²) in [5.41, 5.74) is 5.01. The Hall–Kier alpha value is -2.65. The summed E-state index contributed by atoms with van der Waals surface area (Å²) in [5, 5.41) is 3.34. The fraction of sp³-hybridized carbons (Fsp3) is 0.676. The first-order valence-electron chi connectivity index (χ1n) is 15.8. The van der Waals surface area contributed by atoms with E-state index in [2.05, 4.69) is 51.3 Å². The number of hydrogen-bond donors (Lipinski definition) is 0. The van der Waals surface area contributed by atoms with E-state index >= 15 is 0 Å². The van der Waals surface area contributed by atoms with E-state index in [0.717, 1.165) is 23.5 Å². The lowest BCUT2D eigenvalue weighted by molar-refractivity contribution is 0.000563. The van der Waals surface area contributed by atoms with Crippen molar-refractivity contribution >= 4 is 23.5 Å². The molecule has 8 nitrogen and oxygen atoms in total. The van der Waals surface area contributed by atoms with Gasteiger partial charge in [0, 0.05) is 43.0 Å². The van der Waals surface area contributed by atoms with Crippen molar-refractivity contribution in [1.82, 2.24) is 14.8 Å². The highest BCUT2D eigenvalue weighted by Gasteiger charge is 2.37. The minimum atomic E-state index is -0.537. The SMILES string of the molecule is CC(C)(C)OC(=O)N1CCOC(COC(=O)N2CCC(c3nc(-c4ccc5c(c4)C(C)(C)CCC5(C)C)cs3)CC2)CC1. The molecule has 2 saturated heterocycles. The molecule has 1 unspecified atom stereocenters. The summed E-state index contributed by atoms with van der Waals surface area (Å²) < 4.78 is 17.0. The molecule has 2 amide bonds. The molecular formula is C34H49N3O5S. The van der Waals surface area contributed by atoms with Crippen molar-refractivity contribution in [2.45, 2.75) is 109 Å². The lowest BCUT2D eigenvalue weighted by atomic mass is 9.63. The standard InChI is InChI=1S/C34H49N3O5S/c1-32(2,3)42-31(39)37-17-12-25(40-19-18-37)21-41-30(38)36-15-10-23(11-16-36)29-35-28(22-43-29)24-8-9-26-27(20-24)34(6,7)14-13-33(26,4)5/h8-9,20,22-23,25H,10-19,21H2,1-7H3. The molecule has 9 heteroatoms. The van der Waals surface area contributed by atoms with Crippen LogP contribution in [0.2, 0.25) is 0 Å². The first kappa shape index (κ1) is 31.8. The van der Waals surface area contributed by atoms with Crippen molar-refractivity contribution < 1.29 is 23.8 Å². The van der Waals surface area contributed by atoms with Crippen LogP contribution in [-0.2, 0) is 25.0 Å². The lowest BCUT2D eigenvalue weighted by Crippen LogP contribution is -2.39. The summed E-state index contributed by atoms with van der Waals surface area (Å²) in [4.78, 5) is 33.8. The number of ether oxygens (including phenoxy) is 3. The molecule has 236 valence electrons. The van der Waals surface area contributed by atoms with Crippen molar-refractivity contribution in [3.05, 3.63) is 39.7 Å². The number of piperidine rings is 1. The van der Waals surface area contributed by atoms with Crippen LogP contribution < -0.4 is 0 Å². The van der Waals surface area contributed by atoms with Gasteiger partial charge in [-0.2, -0.15) is 0 Å². The summed E-state index contributed by atoms with van der Waals surface area (Å²) in [5.74, 6) is 0.347. The predicted octanol–water partition coefficient (Wildman–Crippen LogP) is 7.50. The number of rotatable bonds is 4. The highest BCUT2D eigenvalue weighted by molar-refractivity contribution is 7.10. The Morgan fingerprint density at radius 1 is 0.953 bits per heavy atom. The van der Waals surface area contributed by atoms with Gasteiger partial charge in [-0.15, -0.1) is 11.3 Å². The molecule has 1 aliphatic carbocycles. The van der Waals surface area contributed by atoms with Crippen molar-refractivity contribution in [3.8, 4) is 11.3 Å². The average Bonchev–Trinajstić information content (AvgIpc) is 3.32. The van der Waals surface area contributed by atoms with Gasteiger partial charge in [0.1, 0.15) is 12.2 Å². The molecular weight excluding hydrogens is 562 g/mol. The Kier molecular flexibility index (Phi) is 9.15. The molecule has 0 N–H and O–H groups in total. The molecule has 0 bridgehead atoms. The van der Waals surface area contributed by atoms with Crippen molar-refractivity contribution in [3.63, 3.8) is 0 Å². The number of carbonyl (C=O) groups excluding carboxylic acids is 2. The largest absolute Gasteiger partial charge is 0.447 e. The molecule has 2 aromatic rings. The maximum atomic E-state index is 12.9. The predicted molar refractivity (Wildman–Crippen MR) is 170 cm³/mol. The van der Waals surface area contributed by atoms with Crippen LogP contribution in [0.4, 0.5) is 9.59 Å². The molecule has 1 aromatic carbocycles. The maximum absolute atomic E-state index is 12.9. The third-order valence-corrected chi connectivity index (χ3v) is 10.3. The van der Waals surface area contributed by atoms with Crippen LogP contribution >= 0.6 is 11.3 Å². The molecule has 1 aromatic heterocycles. The molecule has 1 atom stereocenters. The topological polar surface area (TPSA) is 81.2 Å². The first-order chi connectivity index (χ1) is 20.2. The smallest absolute Gasteiger partial charge is 0.410 e. The van der Waals surface area contributed by atoms with Crippen LogP contribution in [-0.4, -0.2) is 78.1 Å². The van der Waals surface area contributed by atoms with E-state index in [1.54, 1.807) is 21.1 Å². The van der Waals surface area contributed by atoms with Crippen LogP contribution in [0.1, 0.15) is 103 Å². The number of carbonyl (C=O) groups is 2. The number of aromatic nitrogens is 1. The zero-order valence-corrected chi connectivity index (χ0v) is 27.8. The Morgan fingerprint density at radius 2 is 1.60 bits per heavy atom. The fourth-order valence-corrected chi connectivity index (χ4v) is 7.39. The highest BCUT2D eigenvalue weighted by Crippen LogP contribution is 2.47. The lowest BCUT2D eigenvalue weighted by Gasteiger charge is -2.42. The molecule has 0 spiro atoms. The zero-order valence-electron chi connectivity index (χ0n) is 27.0. The normalized spacial score (nSPS) is 22.4. The van der Waals surface area contributed by atoms with E-state index in [9.17, 15) is 9.59 Å². The van der Waals surface area contributed by atoms with Crippen molar-refractivity contribution in [1.29, 1.82) is 0 Å². The number of fused-ring (bicyclic) bond motifs is 1. The number of nitrogens with zero attached hydrogens (tertiary/aromatic N) is 3. The summed E-state index contributed by atoms with van der Waals surface area (Å²) >= 11 is 1.73. The van der Waals surface area contributed by atoms with E-state index in [1.165, 1.54) is 29.5 Å². The van der Waals surface area contributed by atoms with Crippen LogP contribution in [0.5, 0.6) is 0 Å². The molecule has 2 fully saturated rings. The van der Waals surface area contributed by atoms with Crippen molar-refractivity contribution in [2.75, 3.05) is 39.4 Å². The summed E-state index contributed by atoms with van der Waals surface area (Å²) in [6, 6.07) is 6.94. The second-order valence-corrected chi connectivity index (χ2v) is 15.6. The third kappa shape index (κ3) is 7.54. The average molecular weight is 612 g/mol. The van der Waals surface area contributed by atoms with Gasteiger partial charge in [-0.3, -0.25) is 0 Å².